The minimum absolute atomic E-state index is 0.192. The first-order valence-corrected chi connectivity index (χ1v) is 10.3. The molecule has 0 unspecified atom stereocenters. The summed E-state index contributed by atoms with van der Waals surface area (Å²) in [5.41, 5.74) is 4.60. The fraction of sp³-hybridized carbons (Fsp3) is 0.217. The summed E-state index contributed by atoms with van der Waals surface area (Å²) in [6.45, 7) is 4.05. The number of tetrazole rings is 1. The van der Waals surface area contributed by atoms with Crippen molar-refractivity contribution in [1.82, 2.24) is 24.8 Å². The Balaban J connectivity index is 1.68. The molecule has 0 aliphatic heterocycles. The monoisotopic (exact) mass is 451 g/mol. The average Bonchev–Trinajstić information content (AvgIpc) is 3.12. The van der Waals surface area contributed by atoms with Crippen LogP contribution in [-0.4, -0.2) is 31.9 Å². The van der Waals surface area contributed by atoms with E-state index >= 15 is 0 Å². The molecule has 0 aliphatic carbocycles. The lowest BCUT2D eigenvalue weighted by Gasteiger charge is -2.15. The van der Waals surface area contributed by atoms with Crippen LogP contribution in [0.25, 0.3) is 16.8 Å². The summed E-state index contributed by atoms with van der Waals surface area (Å²) in [7, 11) is 3.14. The molecule has 0 bridgehead atoms. The van der Waals surface area contributed by atoms with E-state index in [9.17, 15) is 4.79 Å². The van der Waals surface area contributed by atoms with Crippen molar-refractivity contribution in [2.24, 2.45) is 7.05 Å². The Morgan fingerprint density at radius 1 is 1.06 bits per heavy atom. The van der Waals surface area contributed by atoms with Crippen molar-refractivity contribution >= 4 is 11.6 Å². The Kier molecular flexibility index (Phi) is 5.96. The summed E-state index contributed by atoms with van der Waals surface area (Å²) < 4.78 is 14.0. The molecule has 2 aromatic carbocycles. The zero-order valence-electron chi connectivity index (χ0n) is 18.2. The Bertz CT molecular complexity index is 1350. The zero-order chi connectivity index (χ0) is 22.8. The topological polar surface area (TPSA) is 84.1 Å². The van der Waals surface area contributed by atoms with Crippen LogP contribution in [0.3, 0.4) is 0 Å². The van der Waals surface area contributed by atoms with Crippen LogP contribution in [0.1, 0.15) is 16.8 Å². The Morgan fingerprint density at radius 2 is 1.88 bits per heavy atom. The van der Waals surface area contributed by atoms with Crippen LogP contribution < -0.4 is 15.2 Å². The minimum atomic E-state index is -0.337. The first-order chi connectivity index (χ1) is 15.4. The lowest BCUT2D eigenvalue weighted by molar-refractivity contribution is 0.305. The molecule has 164 valence electrons. The van der Waals surface area contributed by atoms with E-state index in [1.807, 2.05) is 56.3 Å². The Morgan fingerprint density at radius 3 is 2.59 bits per heavy atom. The van der Waals surface area contributed by atoms with E-state index in [1.165, 1.54) is 9.36 Å². The molecule has 2 aromatic heterocycles. The van der Waals surface area contributed by atoms with E-state index in [0.717, 1.165) is 27.9 Å². The van der Waals surface area contributed by atoms with E-state index in [4.69, 9.17) is 21.1 Å². The summed E-state index contributed by atoms with van der Waals surface area (Å²) in [4.78, 5) is 16.8. The first kappa shape index (κ1) is 21.6. The van der Waals surface area contributed by atoms with Crippen LogP contribution in [0.5, 0.6) is 11.6 Å². The number of hydrogen-bond donors (Lipinski definition) is 0. The number of aromatic nitrogens is 5. The minimum Gasteiger partial charge on any atom is -0.487 e. The molecule has 0 saturated heterocycles. The molecule has 0 atom stereocenters. The maximum Gasteiger partial charge on any atom is 0.368 e. The average molecular weight is 452 g/mol. The maximum atomic E-state index is 12.4. The van der Waals surface area contributed by atoms with Gasteiger partial charge in [0.25, 0.3) is 0 Å². The third-order valence-corrected chi connectivity index (χ3v) is 5.45. The number of ether oxygens (including phenoxy) is 2. The summed E-state index contributed by atoms with van der Waals surface area (Å²) in [6, 6.07) is 15.0. The van der Waals surface area contributed by atoms with Gasteiger partial charge in [0.1, 0.15) is 12.4 Å². The van der Waals surface area contributed by atoms with E-state index in [2.05, 4.69) is 15.4 Å². The van der Waals surface area contributed by atoms with Crippen LogP contribution in [0.4, 0.5) is 0 Å². The number of rotatable bonds is 6. The predicted octanol–water partition coefficient (Wildman–Crippen LogP) is 3.89. The lowest BCUT2D eigenvalue weighted by atomic mass is 10.1. The molecule has 32 heavy (non-hydrogen) atoms. The second-order valence-corrected chi connectivity index (χ2v) is 7.72. The van der Waals surface area contributed by atoms with Gasteiger partial charge in [0.05, 0.1) is 17.8 Å². The van der Waals surface area contributed by atoms with Crippen molar-refractivity contribution < 1.29 is 9.47 Å². The van der Waals surface area contributed by atoms with Crippen LogP contribution in [-0.2, 0) is 13.7 Å². The quantitative estimate of drug-likeness (QED) is 0.442. The molecule has 9 heteroatoms. The molecule has 0 radical (unpaired) electrons. The fourth-order valence-corrected chi connectivity index (χ4v) is 3.55. The summed E-state index contributed by atoms with van der Waals surface area (Å²) in [6.07, 6.45) is 0. The molecular weight excluding hydrogens is 430 g/mol. The molecule has 4 aromatic rings. The van der Waals surface area contributed by atoms with Crippen molar-refractivity contribution in [3.63, 3.8) is 0 Å². The van der Waals surface area contributed by atoms with E-state index < -0.39 is 0 Å². The largest absolute Gasteiger partial charge is 0.487 e. The van der Waals surface area contributed by atoms with Crippen molar-refractivity contribution in [3.05, 3.63) is 80.9 Å². The van der Waals surface area contributed by atoms with Crippen molar-refractivity contribution in [1.29, 1.82) is 0 Å². The van der Waals surface area contributed by atoms with Gasteiger partial charge in [-0.25, -0.2) is 9.78 Å². The van der Waals surface area contributed by atoms with Gasteiger partial charge in [0, 0.05) is 23.9 Å². The standard InChI is InChI=1S/C23H22ClN5O3/c1-14-6-5-7-20(29-23(30)28(3)26-27-29)18(14)13-32-21-12-16(9-11-19(21)24)17-10-8-15(2)25-22(17)31-4/h5-12H,13H2,1-4H3. The molecule has 0 saturated carbocycles. The molecular formula is C23H22ClN5O3. The van der Waals surface area contributed by atoms with Crippen molar-refractivity contribution in [3.8, 4) is 28.4 Å². The van der Waals surface area contributed by atoms with Crippen LogP contribution >= 0.6 is 11.6 Å². The smallest absolute Gasteiger partial charge is 0.368 e. The number of halogens is 1. The van der Waals surface area contributed by atoms with Crippen LogP contribution in [0.15, 0.2) is 53.3 Å². The third kappa shape index (κ3) is 4.09. The van der Waals surface area contributed by atoms with Crippen molar-refractivity contribution in [2.75, 3.05) is 7.11 Å². The molecule has 0 aliphatic rings. The van der Waals surface area contributed by atoms with Gasteiger partial charge in [-0.1, -0.05) is 29.8 Å². The molecule has 8 nitrogen and oxygen atoms in total. The Hall–Kier alpha value is -3.65. The lowest BCUT2D eigenvalue weighted by Crippen LogP contribution is -2.23. The molecule has 0 fully saturated rings. The zero-order valence-corrected chi connectivity index (χ0v) is 18.9. The molecule has 0 N–H and O–H groups in total. The summed E-state index contributed by atoms with van der Waals surface area (Å²) >= 11 is 6.42. The van der Waals surface area contributed by atoms with Crippen molar-refractivity contribution in [2.45, 2.75) is 20.5 Å². The number of methoxy groups -OCH3 is 1. The second-order valence-electron chi connectivity index (χ2n) is 7.31. The van der Waals surface area contributed by atoms with Crippen LogP contribution in [0.2, 0.25) is 5.02 Å². The van der Waals surface area contributed by atoms with Gasteiger partial charge in [-0.15, -0.1) is 0 Å². The third-order valence-electron chi connectivity index (χ3n) is 5.14. The van der Waals surface area contributed by atoms with Gasteiger partial charge < -0.3 is 9.47 Å². The number of aryl methyl sites for hydroxylation is 3. The van der Waals surface area contributed by atoms with Gasteiger partial charge in [0.15, 0.2) is 0 Å². The predicted molar refractivity (Wildman–Crippen MR) is 122 cm³/mol. The Labute approximate surface area is 190 Å². The highest BCUT2D eigenvalue weighted by Gasteiger charge is 2.15. The highest BCUT2D eigenvalue weighted by molar-refractivity contribution is 6.32. The number of nitrogens with zero attached hydrogens (tertiary/aromatic N) is 5. The first-order valence-electron chi connectivity index (χ1n) is 9.91. The normalized spacial score (nSPS) is 10.9. The second kappa shape index (κ2) is 8.84. The molecule has 0 spiro atoms. The molecule has 0 amide bonds. The molecule has 4 rings (SSSR count). The highest BCUT2D eigenvalue weighted by Crippen LogP contribution is 2.35. The SMILES string of the molecule is COc1nc(C)ccc1-c1ccc(Cl)c(OCc2c(C)cccc2-n2nnn(C)c2=O)c1. The van der Waals surface area contributed by atoms with Gasteiger partial charge in [0.2, 0.25) is 5.88 Å². The number of benzene rings is 2. The van der Waals surface area contributed by atoms with Gasteiger partial charge in [-0.2, -0.15) is 9.36 Å². The van der Waals surface area contributed by atoms with Gasteiger partial charge >= 0.3 is 5.69 Å². The fourth-order valence-electron chi connectivity index (χ4n) is 3.38. The van der Waals surface area contributed by atoms with Gasteiger partial charge in [-0.3, -0.25) is 0 Å². The number of pyridine rings is 1. The van der Waals surface area contributed by atoms with Crippen LogP contribution in [0, 0.1) is 13.8 Å². The highest BCUT2D eigenvalue weighted by atomic mass is 35.5. The number of hydrogen-bond acceptors (Lipinski definition) is 6. The van der Waals surface area contributed by atoms with E-state index in [1.54, 1.807) is 20.2 Å². The van der Waals surface area contributed by atoms with Gasteiger partial charge in [-0.05, 0) is 65.7 Å². The van der Waals surface area contributed by atoms with E-state index in [-0.39, 0.29) is 12.3 Å². The van der Waals surface area contributed by atoms with E-state index in [0.29, 0.717) is 22.3 Å². The maximum absolute atomic E-state index is 12.4. The summed E-state index contributed by atoms with van der Waals surface area (Å²) in [5, 5.41) is 8.23. The molecule has 2 heterocycles. The summed E-state index contributed by atoms with van der Waals surface area (Å²) in [5.74, 6) is 1.04.